The second kappa shape index (κ2) is 6.71. The summed E-state index contributed by atoms with van der Waals surface area (Å²) in [6, 6.07) is 2.19. The Morgan fingerprint density at radius 3 is 3.11 bits per heavy atom. The van der Waals surface area contributed by atoms with Crippen LogP contribution in [0.2, 0.25) is 0 Å². The third-order valence-corrected chi connectivity index (χ3v) is 3.95. The van der Waals surface area contributed by atoms with Gasteiger partial charge in [0, 0.05) is 49.5 Å². The second-order valence-corrected chi connectivity index (χ2v) is 5.59. The SMILES string of the molecule is CCCn1ccc(CNCC(C)c2nccs2)c1. The molecule has 2 heterocycles. The Labute approximate surface area is 113 Å². The molecular formula is C14H21N3S. The van der Waals surface area contributed by atoms with Crippen LogP contribution in [0.3, 0.4) is 0 Å². The fourth-order valence-electron chi connectivity index (χ4n) is 1.99. The molecule has 0 amide bonds. The highest BCUT2D eigenvalue weighted by molar-refractivity contribution is 7.09. The molecule has 4 heteroatoms. The Morgan fingerprint density at radius 2 is 2.39 bits per heavy atom. The van der Waals surface area contributed by atoms with Gasteiger partial charge < -0.3 is 9.88 Å². The topological polar surface area (TPSA) is 29.9 Å². The molecule has 18 heavy (non-hydrogen) atoms. The van der Waals surface area contributed by atoms with Crippen molar-refractivity contribution in [2.24, 2.45) is 0 Å². The summed E-state index contributed by atoms with van der Waals surface area (Å²) in [7, 11) is 0. The first kappa shape index (κ1) is 13.3. The molecule has 1 N–H and O–H groups in total. The van der Waals surface area contributed by atoms with Gasteiger partial charge in [-0.3, -0.25) is 0 Å². The summed E-state index contributed by atoms with van der Waals surface area (Å²) < 4.78 is 2.25. The molecule has 0 aliphatic carbocycles. The van der Waals surface area contributed by atoms with E-state index in [-0.39, 0.29) is 0 Å². The van der Waals surface area contributed by atoms with E-state index in [1.165, 1.54) is 17.0 Å². The van der Waals surface area contributed by atoms with Gasteiger partial charge in [0.25, 0.3) is 0 Å². The van der Waals surface area contributed by atoms with E-state index >= 15 is 0 Å². The molecule has 1 atom stereocenters. The van der Waals surface area contributed by atoms with Gasteiger partial charge in [-0.2, -0.15) is 0 Å². The summed E-state index contributed by atoms with van der Waals surface area (Å²) in [6.45, 7) is 7.44. The van der Waals surface area contributed by atoms with Crippen molar-refractivity contribution in [1.29, 1.82) is 0 Å². The van der Waals surface area contributed by atoms with Crippen molar-refractivity contribution in [2.75, 3.05) is 6.54 Å². The number of nitrogens with one attached hydrogen (secondary N) is 1. The Bertz CT molecular complexity index is 447. The Balaban J connectivity index is 1.74. The number of thiazole rings is 1. The lowest BCUT2D eigenvalue weighted by molar-refractivity contribution is 0.610. The molecule has 0 saturated heterocycles. The molecule has 0 aliphatic rings. The number of aromatic nitrogens is 2. The van der Waals surface area contributed by atoms with E-state index in [2.05, 4.69) is 47.2 Å². The Morgan fingerprint density at radius 1 is 1.50 bits per heavy atom. The van der Waals surface area contributed by atoms with E-state index in [0.29, 0.717) is 5.92 Å². The average molecular weight is 263 g/mol. The molecule has 2 aromatic heterocycles. The van der Waals surface area contributed by atoms with Crippen LogP contribution < -0.4 is 5.32 Å². The lowest BCUT2D eigenvalue weighted by atomic mass is 10.2. The van der Waals surface area contributed by atoms with Crippen LogP contribution in [0.1, 0.15) is 36.8 Å². The lowest BCUT2D eigenvalue weighted by Gasteiger charge is -2.09. The lowest BCUT2D eigenvalue weighted by Crippen LogP contribution is -2.19. The van der Waals surface area contributed by atoms with E-state index in [9.17, 15) is 0 Å². The number of aryl methyl sites for hydroxylation is 1. The molecule has 0 saturated carbocycles. The van der Waals surface area contributed by atoms with Crippen molar-refractivity contribution in [3.8, 4) is 0 Å². The van der Waals surface area contributed by atoms with Crippen molar-refractivity contribution in [1.82, 2.24) is 14.9 Å². The zero-order chi connectivity index (χ0) is 12.8. The van der Waals surface area contributed by atoms with Crippen LogP contribution >= 0.6 is 11.3 Å². The van der Waals surface area contributed by atoms with E-state index in [1.807, 2.05) is 11.6 Å². The highest BCUT2D eigenvalue weighted by Crippen LogP contribution is 2.16. The van der Waals surface area contributed by atoms with Gasteiger partial charge in [-0.05, 0) is 18.1 Å². The molecule has 0 fully saturated rings. The molecule has 3 nitrogen and oxygen atoms in total. The monoisotopic (exact) mass is 263 g/mol. The number of hydrogen-bond acceptors (Lipinski definition) is 3. The average Bonchev–Trinajstić information content (AvgIpc) is 3.00. The van der Waals surface area contributed by atoms with Crippen LogP contribution in [0, 0.1) is 0 Å². The quantitative estimate of drug-likeness (QED) is 0.831. The molecule has 2 rings (SSSR count). The van der Waals surface area contributed by atoms with E-state index < -0.39 is 0 Å². The molecule has 0 spiro atoms. The van der Waals surface area contributed by atoms with Gasteiger partial charge >= 0.3 is 0 Å². The maximum absolute atomic E-state index is 4.34. The fourth-order valence-corrected chi connectivity index (χ4v) is 2.69. The van der Waals surface area contributed by atoms with Gasteiger partial charge in [0.2, 0.25) is 0 Å². The Kier molecular flexibility index (Phi) is 4.96. The summed E-state index contributed by atoms with van der Waals surface area (Å²) >= 11 is 1.73. The molecule has 0 bridgehead atoms. The maximum atomic E-state index is 4.34. The van der Waals surface area contributed by atoms with Crippen LogP contribution in [-0.2, 0) is 13.1 Å². The zero-order valence-electron chi connectivity index (χ0n) is 11.1. The molecule has 0 aliphatic heterocycles. The van der Waals surface area contributed by atoms with Gasteiger partial charge in [0.15, 0.2) is 0 Å². The molecule has 0 radical (unpaired) electrons. The first-order chi connectivity index (χ1) is 8.79. The van der Waals surface area contributed by atoms with Crippen molar-refractivity contribution in [3.05, 3.63) is 40.6 Å². The van der Waals surface area contributed by atoms with Gasteiger partial charge in [-0.1, -0.05) is 13.8 Å². The smallest absolute Gasteiger partial charge is 0.0965 e. The number of nitrogens with zero attached hydrogens (tertiary/aromatic N) is 2. The van der Waals surface area contributed by atoms with Crippen molar-refractivity contribution < 1.29 is 0 Å². The van der Waals surface area contributed by atoms with Crippen LogP contribution in [0.25, 0.3) is 0 Å². The van der Waals surface area contributed by atoms with Crippen LogP contribution in [0.4, 0.5) is 0 Å². The maximum Gasteiger partial charge on any atom is 0.0965 e. The highest BCUT2D eigenvalue weighted by Gasteiger charge is 2.07. The first-order valence-electron chi connectivity index (χ1n) is 6.54. The molecule has 98 valence electrons. The number of hydrogen-bond donors (Lipinski definition) is 1. The molecule has 0 aromatic carbocycles. The molecule has 2 aromatic rings. The highest BCUT2D eigenvalue weighted by atomic mass is 32.1. The predicted molar refractivity (Wildman–Crippen MR) is 77.0 cm³/mol. The van der Waals surface area contributed by atoms with Gasteiger partial charge in [-0.15, -0.1) is 11.3 Å². The van der Waals surface area contributed by atoms with E-state index in [1.54, 1.807) is 11.3 Å². The summed E-state index contributed by atoms with van der Waals surface area (Å²) in [4.78, 5) is 4.34. The fraction of sp³-hybridized carbons (Fsp3) is 0.500. The van der Waals surface area contributed by atoms with Crippen molar-refractivity contribution in [3.63, 3.8) is 0 Å². The van der Waals surface area contributed by atoms with Crippen LogP contribution in [0.5, 0.6) is 0 Å². The van der Waals surface area contributed by atoms with E-state index in [0.717, 1.165) is 19.6 Å². The Hall–Kier alpha value is -1.13. The zero-order valence-corrected chi connectivity index (χ0v) is 11.9. The predicted octanol–water partition coefficient (Wildman–Crippen LogP) is 3.25. The number of rotatable bonds is 7. The van der Waals surface area contributed by atoms with E-state index in [4.69, 9.17) is 0 Å². The minimum Gasteiger partial charge on any atom is -0.354 e. The van der Waals surface area contributed by atoms with Crippen molar-refractivity contribution >= 4 is 11.3 Å². The third-order valence-electron chi connectivity index (χ3n) is 2.95. The van der Waals surface area contributed by atoms with Gasteiger partial charge in [0.05, 0.1) is 5.01 Å². The summed E-state index contributed by atoms with van der Waals surface area (Å²) in [5, 5.41) is 6.75. The molecule has 1 unspecified atom stereocenters. The minimum atomic E-state index is 0.489. The van der Waals surface area contributed by atoms with Crippen LogP contribution in [0.15, 0.2) is 30.0 Å². The van der Waals surface area contributed by atoms with Crippen molar-refractivity contribution in [2.45, 2.75) is 39.3 Å². The third kappa shape index (κ3) is 3.68. The first-order valence-corrected chi connectivity index (χ1v) is 7.42. The standard InChI is InChI=1S/C14H21N3S/c1-3-6-17-7-4-13(11-17)10-15-9-12(2)14-16-5-8-18-14/h4-5,7-8,11-12,15H,3,6,9-10H2,1-2H3. The summed E-state index contributed by atoms with van der Waals surface area (Å²) in [5.74, 6) is 0.489. The summed E-state index contributed by atoms with van der Waals surface area (Å²) in [5.41, 5.74) is 1.36. The largest absolute Gasteiger partial charge is 0.354 e. The normalized spacial score (nSPS) is 12.8. The second-order valence-electron chi connectivity index (χ2n) is 4.66. The van der Waals surface area contributed by atoms with Gasteiger partial charge in [-0.25, -0.2) is 4.98 Å². The molecular weight excluding hydrogens is 242 g/mol. The summed E-state index contributed by atoms with van der Waals surface area (Å²) in [6.07, 6.45) is 7.44. The van der Waals surface area contributed by atoms with Gasteiger partial charge in [0.1, 0.15) is 0 Å². The van der Waals surface area contributed by atoms with Crippen LogP contribution in [-0.4, -0.2) is 16.1 Å². The minimum absolute atomic E-state index is 0.489.